The van der Waals surface area contributed by atoms with Gasteiger partial charge in [0.2, 0.25) is 0 Å². The van der Waals surface area contributed by atoms with Crippen molar-refractivity contribution in [3.8, 4) is 0 Å². The standard InChI is InChI=1S/C16H22F3N3O3S/c1-3-4-5-6-9-26(24,25)12-8-7-11(14(23)22-15(20)21)10(2)13(12)16(17,18)19/h7-8H,3-6,9H2,1-2H3,(H4,20,21,22,23). The van der Waals surface area contributed by atoms with Crippen molar-refractivity contribution in [1.82, 2.24) is 0 Å². The zero-order valence-electron chi connectivity index (χ0n) is 14.6. The molecule has 26 heavy (non-hydrogen) atoms. The Labute approximate surface area is 150 Å². The van der Waals surface area contributed by atoms with Crippen molar-refractivity contribution in [3.63, 3.8) is 0 Å². The summed E-state index contributed by atoms with van der Waals surface area (Å²) in [5, 5.41) is 0. The van der Waals surface area contributed by atoms with Gasteiger partial charge in [0.25, 0.3) is 5.91 Å². The second-order valence-electron chi connectivity index (χ2n) is 5.83. The number of nitrogens with zero attached hydrogens (tertiary/aromatic N) is 1. The smallest absolute Gasteiger partial charge is 0.370 e. The predicted octanol–water partition coefficient (Wildman–Crippen LogP) is 2.78. The summed E-state index contributed by atoms with van der Waals surface area (Å²) >= 11 is 0. The van der Waals surface area contributed by atoms with Gasteiger partial charge in [-0.3, -0.25) is 4.79 Å². The molecule has 6 nitrogen and oxygen atoms in total. The Balaban J connectivity index is 3.44. The van der Waals surface area contributed by atoms with Gasteiger partial charge in [0.05, 0.1) is 16.2 Å². The fraction of sp³-hybridized carbons (Fsp3) is 0.500. The van der Waals surface area contributed by atoms with Crippen molar-refractivity contribution >= 4 is 21.7 Å². The van der Waals surface area contributed by atoms with E-state index in [0.717, 1.165) is 31.9 Å². The maximum Gasteiger partial charge on any atom is 0.417 e. The normalized spacial score (nSPS) is 12.0. The lowest BCUT2D eigenvalue weighted by Gasteiger charge is -2.17. The molecule has 10 heteroatoms. The number of carbonyl (C=O) groups excluding carboxylic acids is 1. The number of halogens is 3. The van der Waals surface area contributed by atoms with E-state index in [4.69, 9.17) is 11.5 Å². The minimum Gasteiger partial charge on any atom is -0.370 e. The molecule has 146 valence electrons. The van der Waals surface area contributed by atoms with Crippen molar-refractivity contribution in [1.29, 1.82) is 0 Å². The molecular formula is C16H22F3N3O3S. The number of unbranched alkanes of at least 4 members (excludes halogenated alkanes) is 3. The Morgan fingerprint density at radius 2 is 1.77 bits per heavy atom. The molecule has 0 radical (unpaired) electrons. The Morgan fingerprint density at radius 1 is 1.15 bits per heavy atom. The van der Waals surface area contributed by atoms with Gasteiger partial charge in [-0.1, -0.05) is 26.2 Å². The highest BCUT2D eigenvalue weighted by Gasteiger charge is 2.40. The topological polar surface area (TPSA) is 116 Å². The number of amides is 1. The van der Waals surface area contributed by atoms with E-state index in [0.29, 0.717) is 6.42 Å². The summed E-state index contributed by atoms with van der Waals surface area (Å²) in [7, 11) is -4.16. The Morgan fingerprint density at radius 3 is 2.27 bits per heavy atom. The summed E-state index contributed by atoms with van der Waals surface area (Å²) in [4.78, 5) is 14.3. The van der Waals surface area contributed by atoms with Crippen LogP contribution in [0.2, 0.25) is 0 Å². The van der Waals surface area contributed by atoms with E-state index in [-0.39, 0.29) is 6.42 Å². The van der Waals surface area contributed by atoms with E-state index in [1.165, 1.54) is 0 Å². The van der Waals surface area contributed by atoms with Gasteiger partial charge in [-0.2, -0.15) is 18.2 Å². The monoisotopic (exact) mass is 393 g/mol. The third-order valence-corrected chi connectivity index (χ3v) is 5.61. The van der Waals surface area contributed by atoms with Crippen molar-refractivity contribution in [3.05, 3.63) is 28.8 Å². The molecule has 0 bridgehead atoms. The molecular weight excluding hydrogens is 371 g/mol. The molecule has 4 N–H and O–H groups in total. The first kappa shape index (κ1) is 21.9. The molecule has 0 heterocycles. The molecule has 1 rings (SSSR count). The largest absolute Gasteiger partial charge is 0.417 e. The van der Waals surface area contributed by atoms with Gasteiger partial charge in [-0.25, -0.2) is 8.42 Å². The number of rotatable bonds is 7. The second-order valence-corrected chi connectivity index (χ2v) is 7.91. The number of hydrogen-bond donors (Lipinski definition) is 2. The zero-order valence-corrected chi connectivity index (χ0v) is 15.4. The van der Waals surface area contributed by atoms with Crippen LogP contribution in [0.25, 0.3) is 0 Å². The van der Waals surface area contributed by atoms with Crippen LogP contribution in [0.15, 0.2) is 22.0 Å². The van der Waals surface area contributed by atoms with Gasteiger partial charge in [0, 0.05) is 5.56 Å². The maximum atomic E-state index is 13.5. The summed E-state index contributed by atoms with van der Waals surface area (Å²) in [6.07, 6.45) is -2.41. The Hall–Kier alpha value is -2.10. The van der Waals surface area contributed by atoms with Gasteiger partial charge < -0.3 is 11.5 Å². The first-order valence-electron chi connectivity index (χ1n) is 7.99. The number of carbonyl (C=O) groups is 1. The highest BCUT2D eigenvalue weighted by molar-refractivity contribution is 7.91. The van der Waals surface area contributed by atoms with Gasteiger partial charge in [0.15, 0.2) is 15.8 Å². The molecule has 0 fully saturated rings. The molecule has 0 aliphatic rings. The SMILES string of the molecule is CCCCCCS(=O)(=O)c1ccc(C(=O)N=C(N)N)c(C)c1C(F)(F)F. The highest BCUT2D eigenvalue weighted by Crippen LogP contribution is 2.38. The molecule has 1 aromatic carbocycles. The van der Waals surface area contributed by atoms with Crippen LogP contribution in [0.1, 0.15) is 54.1 Å². The van der Waals surface area contributed by atoms with Crippen LogP contribution in [0.3, 0.4) is 0 Å². The van der Waals surface area contributed by atoms with Crippen LogP contribution < -0.4 is 11.5 Å². The highest BCUT2D eigenvalue weighted by atomic mass is 32.2. The van der Waals surface area contributed by atoms with Crippen LogP contribution in [0.5, 0.6) is 0 Å². The minimum atomic E-state index is -4.95. The van der Waals surface area contributed by atoms with E-state index in [9.17, 15) is 26.4 Å². The lowest BCUT2D eigenvalue weighted by Crippen LogP contribution is -2.25. The van der Waals surface area contributed by atoms with Gasteiger partial charge in [-0.05, 0) is 31.0 Å². The quantitative estimate of drug-likeness (QED) is 0.420. The number of hydrogen-bond acceptors (Lipinski definition) is 3. The molecule has 0 saturated heterocycles. The average molecular weight is 393 g/mol. The fourth-order valence-electron chi connectivity index (χ4n) is 2.54. The van der Waals surface area contributed by atoms with Crippen LogP contribution in [-0.4, -0.2) is 26.0 Å². The number of alkyl halides is 3. The molecule has 0 aliphatic carbocycles. The Bertz CT molecular complexity index is 799. The van der Waals surface area contributed by atoms with Crippen molar-refractivity contribution in [2.75, 3.05) is 5.75 Å². The number of sulfone groups is 1. The van der Waals surface area contributed by atoms with Crippen molar-refractivity contribution < 1.29 is 26.4 Å². The van der Waals surface area contributed by atoms with E-state index >= 15 is 0 Å². The summed E-state index contributed by atoms with van der Waals surface area (Å²) < 4.78 is 65.4. The Kier molecular flexibility index (Phi) is 7.19. The van der Waals surface area contributed by atoms with E-state index in [1.54, 1.807) is 0 Å². The first-order valence-corrected chi connectivity index (χ1v) is 9.64. The average Bonchev–Trinajstić information content (AvgIpc) is 2.49. The third-order valence-electron chi connectivity index (χ3n) is 3.77. The minimum absolute atomic E-state index is 0.265. The molecule has 0 unspecified atom stereocenters. The molecule has 0 aliphatic heterocycles. The molecule has 1 amide bonds. The molecule has 0 spiro atoms. The van der Waals surface area contributed by atoms with Crippen molar-refractivity contribution in [2.24, 2.45) is 16.5 Å². The summed E-state index contributed by atoms with van der Waals surface area (Å²) in [5.74, 6) is -2.06. The molecule has 0 atom stereocenters. The van der Waals surface area contributed by atoms with E-state index < -0.39 is 55.2 Å². The lowest BCUT2D eigenvalue weighted by molar-refractivity contribution is -0.140. The number of guanidine groups is 1. The maximum absolute atomic E-state index is 13.5. The summed E-state index contributed by atoms with van der Waals surface area (Å²) in [5.41, 5.74) is 7.85. The van der Waals surface area contributed by atoms with E-state index in [2.05, 4.69) is 4.99 Å². The zero-order chi connectivity index (χ0) is 20.1. The number of aliphatic imine (C=N–C) groups is 1. The summed E-state index contributed by atoms with van der Waals surface area (Å²) in [6, 6.07) is 1.79. The van der Waals surface area contributed by atoms with Crippen LogP contribution in [-0.2, 0) is 16.0 Å². The number of nitrogens with two attached hydrogens (primary N) is 2. The van der Waals surface area contributed by atoms with Crippen LogP contribution in [0, 0.1) is 6.92 Å². The van der Waals surface area contributed by atoms with Crippen LogP contribution in [0.4, 0.5) is 13.2 Å². The summed E-state index contributed by atoms with van der Waals surface area (Å²) in [6.45, 7) is 2.96. The van der Waals surface area contributed by atoms with E-state index in [1.807, 2.05) is 6.92 Å². The van der Waals surface area contributed by atoms with Crippen molar-refractivity contribution in [2.45, 2.75) is 50.6 Å². The molecule has 0 aromatic heterocycles. The second kappa shape index (κ2) is 8.52. The first-order chi connectivity index (χ1) is 11.9. The predicted molar refractivity (Wildman–Crippen MR) is 92.5 cm³/mol. The van der Waals surface area contributed by atoms with Gasteiger partial charge >= 0.3 is 6.18 Å². The molecule has 0 saturated carbocycles. The fourth-order valence-corrected chi connectivity index (χ4v) is 4.20. The van der Waals surface area contributed by atoms with Gasteiger partial charge in [-0.15, -0.1) is 0 Å². The lowest BCUT2D eigenvalue weighted by atomic mass is 10.0. The third kappa shape index (κ3) is 5.45. The molecule has 1 aromatic rings. The van der Waals surface area contributed by atoms with Crippen LogP contribution >= 0.6 is 0 Å². The number of benzene rings is 1. The van der Waals surface area contributed by atoms with Gasteiger partial charge in [0.1, 0.15) is 0 Å².